The summed E-state index contributed by atoms with van der Waals surface area (Å²) in [5, 5.41) is 9.98. The Kier molecular flexibility index (Phi) is 6.51. The van der Waals surface area contributed by atoms with Crippen LogP contribution < -0.4 is 4.74 Å². The molecule has 2 aromatic carbocycles. The zero-order chi connectivity index (χ0) is 19.5. The summed E-state index contributed by atoms with van der Waals surface area (Å²) in [6, 6.07) is 9.51. The van der Waals surface area contributed by atoms with E-state index in [0.717, 1.165) is 28.7 Å². The predicted molar refractivity (Wildman–Crippen MR) is 103 cm³/mol. The Morgan fingerprint density at radius 2 is 1.69 bits per heavy atom. The highest BCUT2D eigenvalue weighted by atomic mass is 31.2. The van der Waals surface area contributed by atoms with E-state index in [9.17, 15) is 9.67 Å². The highest BCUT2D eigenvalue weighted by molar-refractivity contribution is 7.51. The smallest absolute Gasteiger partial charge is 0.328 e. The van der Waals surface area contributed by atoms with E-state index in [1.165, 1.54) is 5.56 Å². The highest BCUT2D eigenvalue weighted by Crippen LogP contribution is 2.34. The van der Waals surface area contributed by atoms with Crippen molar-refractivity contribution in [2.75, 3.05) is 12.8 Å². The second-order valence-corrected chi connectivity index (χ2v) is 8.77. The molecule has 0 bridgehead atoms. The minimum absolute atomic E-state index is 0.0157. The summed E-state index contributed by atoms with van der Waals surface area (Å²) in [6.45, 7) is 8.10. The number of benzene rings is 2. The van der Waals surface area contributed by atoms with E-state index >= 15 is 0 Å². The van der Waals surface area contributed by atoms with Crippen LogP contribution in [-0.2, 0) is 11.0 Å². The van der Waals surface area contributed by atoms with Crippen LogP contribution in [0.5, 0.6) is 11.5 Å². The number of ether oxygens (including phenoxy) is 1. The highest BCUT2D eigenvalue weighted by Gasteiger charge is 2.14. The number of phenolic OH excluding ortho intramolecular Hbond substituents is 1. The number of aromatic hydroxyl groups is 1. The van der Waals surface area contributed by atoms with Crippen molar-refractivity contribution in [2.24, 2.45) is 0 Å². The van der Waals surface area contributed by atoms with Gasteiger partial charge in [0.15, 0.2) is 0 Å². The molecule has 0 fully saturated rings. The molecule has 0 saturated carbocycles. The predicted octanol–water partition coefficient (Wildman–Crippen LogP) is 4.28. The molecule has 26 heavy (non-hydrogen) atoms. The first kappa shape index (κ1) is 20.5. The maximum Gasteiger partial charge on any atom is 0.328 e. The van der Waals surface area contributed by atoms with Gasteiger partial charge in [0.2, 0.25) is 0 Å². The number of rotatable bonds is 7. The van der Waals surface area contributed by atoms with Gasteiger partial charge in [-0.2, -0.15) is 0 Å². The molecule has 0 unspecified atom stereocenters. The van der Waals surface area contributed by atoms with Gasteiger partial charge in [-0.3, -0.25) is 4.57 Å². The first-order valence-electron chi connectivity index (χ1n) is 8.66. The zero-order valence-corrected chi connectivity index (χ0v) is 16.6. The average molecular weight is 378 g/mol. The Morgan fingerprint density at radius 3 is 2.23 bits per heavy atom. The molecule has 0 heterocycles. The van der Waals surface area contributed by atoms with Crippen molar-refractivity contribution in [3.8, 4) is 11.5 Å². The Labute approximate surface area is 154 Å². The fourth-order valence-corrected chi connectivity index (χ4v) is 3.31. The SMILES string of the molecule is Cc1cc(OCCP(=O)(O)O)cc(C)c1Cc1ccc(O)c(C(C)C)c1. The third-order valence-corrected chi connectivity index (χ3v) is 5.18. The minimum Gasteiger partial charge on any atom is -0.508 e. The minimum atomic E-state index is -4.04. The summed E-state index contributed by atoms with van der Waals surface area (Å²) in [6.07, 6.45) is 0.457. The van der Waals surface area contributed by atoms with Crippen molar-refractivity contribution >= 4 is 7.60 Å². The van der Waals surface area contributed by atoms with Gasteiger partial charge in [0.05, 0.1) is 12.8 Å². The molecule has 0 aliphatic heterocycles. The van der Waals surface area contributed by atoms with Gasteiger partial charge in [0.1, 0.15) is 11.5 Å². The Morgan fingerprint density at radius 1 is 1.08 bits per heavy atom. The van der Waals surface area contributed by atoms with Gasteiger partial charge >= 0.3 is 7.60 Å². The molecular formula is C20H27O5P. The van der Waals surface area contributed by atoms with Crippen LogP contribution >= 0.6 is 7.60 Å². The van der Waals surface area contributed by atoms with Crippen LogP contribution in [0, 0.1) is 13.8 Å². The van der Waals surface area contributed by atoms with Gasteiger partial charge in [-0.25, -0.2) is 0 Å². The molecule has 2 rings (SSSR count). The van der Waals surface area contributed by atoms with Crippen molar-refractivity contribution in [1.82, 2.24) is 0 Å². The number of aryl methyl sites for hydroxylation is 2. The van der Waals surface area contributed by atoms with Gasteiger partial charge in [-0.05, 0) is 72.2 Å². The molecule has 0 aromatic heterocycles. The summed E-state index contributed by atoms with van der Waals surface area (Å²) >= 11 is 0. The number of phenols is 1. The van der Waals surface area contributed by atoms with Crippen LogP contribution in [-0.4, -0.2) is 27.7 Å². The maximum absolute atomic E-state index is 10.9. The van der Waals surface area contributed by atoms with Gasteiger partial charge in [-0.15, -0.1) is 0 Å². The van der Waals surface area contributed by atoms with Crippen LogP contribution in [0.1, 0.15) is 47.6 Å². The van der Waals surface area contributed by atoms with E-state index in [0.29, 0.717) is 11.5 Å². The monoisotopic (exact) mass is 378 g/mol. The van der Waals surface area contributed by atoms with Crippen LogP contribution in [0.3, 0.4) is 0 Å². The van der Waals surface area contributed by atoms with Gasteiger partial charge < -0.3 is 19.6 Å². The van der Waals surface area contributed by atoms with Crippen molar-refractivity contribution < 1.29 is 24.2 Å². The quantitative estimate of drug-likeness (QED) is 0.626. The summed E-state index contributed by atoms with van der Waals surface area (Å²) in [5.74, 6) is 1.19. The molecule has 0 radical (unpaired) electrons. The average Bonchev–Trinajstić information content (AvgIpc) is 2.51. The molecule has 2 aromatic rings. The molecular weight excluding hydrogens is 351 g/mol. The summed E-state index contributed by atoms with van der Waals surface area (Å²) in [7, 11) is -4.04. The first-order valence-corrected chi connectivity index (χ1v) is 10.5. The molecule has 5 nitrogen and oxygen atoms in total. The van der Waals surface area contributed by atoms with E-state index in [1.807, 2.05) is 38.1 Å². The lowest BCUT2D eigenvalue weighted by atomic mass is 9.93. The van der Waals surface area contributed by atoms with Crippen molar-refractivity contribution in [2.45, 2.75) is 40.0 Å². The Bertz CT molecular complexity index is 800. The Hall–Kier alpha value is -1.81. The molecule has 142 valence electrons. The van der Waals surface area contributed by atoms with Crippen LogP contribution in [0.2, 0.25) is 0 Å². The lowest BCUT2D eigenvalue weighted by Crippen LogP contribution is -2.05. The molecule has 0 spiro atoms. The van der Waals surface area contributed by atoms with Crippen LogP contribution in [0.25, 0.3) is 0 Å². The van der Waals surface area contributed by atoms with Gasteiger partial charge in [0, 0.05) is 0 Å². The van der Waals surface area contributed by atoms with E-state index in [1.54, 1.807) is 6.07 Å². The lowest BCUT2D eigenvalue weighted by Gasteiger charge is -2.15. The van der Waals surface area contributed by atoms with Crippen molar-refractivity contribution in [3.63, 3.8) is 0 Å². The van der Waals surface area contributed by atoms with Gasteiger partial charge in [-0.1, -0.05) is 26.0 Å². The van der Waals surface area contributed by atoms with E-state index < -0.39 is 7.60 Å². The second kappa shape index (κ2) is 8.26. The summed E-state index contributed by atoms with van der Waals surface area (Å²) < 4.78 is 16.4. The fraction of sp³-hybridized carbons (Fsp3) is 0.400. The lowest BCUT2D eigenvalue weighted by molar-refractivity contribution is 0.315. The molecule has 0 aliphatic rings. The largest absolute Gasteiger partial charge is 0.508 e. The van der Waals surface area contributed by atoms with Crippen molar-refractivity contribution in [3.05, 3.63) is 58.1 Å². The molecule has 0 aliphatic carbocycles. The zero-order valence-electron chi connectivity index (χ0n) is 15.7. The van der Waals surface area contributed by atoms with Crippen LogP contribution in [0.4, 0.5) is 0 Å². The molecule has 6 heteroatoms. The first-order chi connectivity index (χ1) is 12.1. The third kappa shape index (κ3) is 5.60. The molecule has 0 atom stereocenters. The number of hydrogen-bond donors (Lipinski definition) is 3. The number of hydrogen-bond acceptors (Lipinski definition) is 3. The van der Waals surface area contributed by atoms with E-state index in [-0.39, 0.29) is 18.7 Å². The standard InChI is InChI=1S/C20H27O5P/c1-13(2)18-11-16(5-6-20(18)21)12-19-14(3)9-17(10-15(19)4)25-7-8-26(22,23)24/h5-6,9-11,13,21H,7-8,12H2,1-4H3,(H2,22,23,24). The topological polar surface area (TPSA) is 87.0 Å². The summed E-state index contributed by atoms with van der Waals surface area (Å²) in [5.41, 5.74) is 5.39. The van der Waals surface area contributed by atoms with E-state index in [2.05, 4.69) is 13.8 Å². The second-order valence-electron chi connectivity index (χ2n) is 7.00. The fourth-order valence-electron chi connectivity index (χ4n) is 2.98. The van der Waals surface area contributed by atoms with E-state index in [4.69, 9.17) is 14.5 Å². The third-order valence-electron chi connectivity index (χ3n) is 4.42. The normalized spacial score (nSPS) is 11.8. The molecule has 3 N–H and O–H groups in total. The van der Waals surface area contributed by atoms with Gasteiger partial charge in [0.25, 0.3) is 0 Å². The Balaban J connectivity index is 2.18. The van der Waals surface area contributed by atoms with Crippen LogP contribution in [0.15, 0.2) is 30.3 Å². The van der Waals surface area contributed by atoms with Crippen molar-refractivity contribution in [1.29, 1.82) is 0 Å². The molecule has 0 saturated heterocycles. The maximum atomic E-state index is 10.9. The summed E-state index contributed by atoms with van der Waals surface area (Å²) in [4.78, 5) is 17.8. The molecule has 0 amide bonds.